The second-order valence-corrected chi connectivity index (χ2v) is 7.19. The van der Waals surface area contributed by atoms with Crippen molar-refractivity contribution in [2.75, 3.05) is 24.8 Å². The number of rotatable bonds is 7. The summed E-state index contributed by atoms with van der Waals surface area (Å²) in [6.45, 7) is 0. The van der Waals surface area contributed by atoms with Crippen molar-refractivity contribution in [3.8, 4) is 17.1 Å². The molecule has 0 atom stereocenters. The van der Waals surface area contributed by atoms with E-state index in [2.05, 4.69) is 30.9 Å². The number of carbonyl (C=O) groups is 2. The number of nitrogens with zero attached hydrogens (tertiary/aromatic N) is 3. The molecule has 1 aliphatic carbocycles. The van der Waals surface area contributed by atoms with E-state index in [4.69, 9.17) is 4.74 Å². The maximum absolute atomic E-state index is 13.2. The topological polar surface area (TPSA) is 118 Å². The van der Waals surface area contributed by atoms with Gasteiger partial charge >= 0.3 is 0 Å². The Hall–Kier alpha value is -4.08. The number of carbonyl (C=O) groups excluding carboxylic acids is 2. The summed E-state index contributed by atoms with van der Waals surface area (Å²) >= 11 is 0. The number of aromatic nitrogens is 3. The molecule has 3 N–H and O–H groups in total. The average molecular weight is 436 g/mol. The van der Waals surface area contributed by atoms with Crippen molar-refractivity contribution in [1.82, 2.24) is 20.3 Å². The van der Waals surface area contributed by atoms with Gasteiger partial charge in [-0.15, -0.1) is 0 Å². The summed E-state index contributed by atoms with van der Waals surface area (Å²) in [7, 11) is 3.00. The zero-order valence-corrected chi connectivity index (χ0v) is 17.5. The van der Waals surface area contributed by atoms with Crippen LogP contribution in [0.2, 0.25) is 0 Å². The molecule has 1 aromatic carbocycles. The molecular weight excluding hydrogens is 415 g/mol. The second-order valence-electron chi connectivity index (χ2n) is 7.19. The number of nitrogens with one attached hydrogen (secondary N) is 3. The average Bonchev–Trinajstić information content (AvgIpc) is 3.65. The van der Waals surface area contributed by atoms with Crippen LogP contribution in [-0.2, 0) is 4.79 Å². The van der Waals surface area contributed by atoms with Gasteiger partial charge in [0.05, 0.1) is 42.0 Å². The number of anilines is 3. The molecule has 2 amide bonds. The van der Waals surface area contributed by atoms with Crippen LogP contribution in [0.3, 0.4) is 0 Å². The molecule has 164 valence electrons. The number of halogens is 1. The number of ether oxygens (including phenoxy) is 1. The van der Waals surface area contributed by atoms with Crippen molar-refractivity contribution in [2.24, 2.45) is 5.92 Å². The predicted molar refractivity (Wildman–Crippen MR) is 116 cm³/mol. The molecule has 1 saturated carbocycles. The van der Waals surface area contributed by atoms with Crippen molar-refractivity contribution < 1.29 is 18.7 Å². The number of hydrogen-bond acceptors (Lipinski definition) is 7. The first-order valence-electron chi connectivity index (χ1n) is 9.95. The van der Waals surface area contributed by atoms with Gasteiger partial charge in [0.1, 0.15) is 5.82 Å². The third kappa shape index (κ3) is 4.48. The number of amides is 2. The quantitative estimate of drug-likeness (QED) is 0.521. The Kier molecular flexibility index (Phi) is 5.93. The second kappa shape index (κ2) is 8.96. The predicted octanol–water partition coefficient (Wildman–Crippen LogP) is 3.14. The van der Waals surface area contributed by atoms with E-state index >= 15 is 0 Å². The minimum absolute atomic E-state index is 0.0133. The molecule has 4 rings (SSSR count). The van der Waals surface area contributed by atoms with Crippen LogP contribution in [0.1, 0.15) is 23.2 Å². The molecular formula is C22H21FN6O3. The highest BCUT2D eigenvalue weighted by Crippen LogP contribution is 2.37. The van der Waals surface area contributed by atoms with Crippen molar-refractivity contribution in [3.05, 3.63) is 54.2 Å². The highest BCUT2D eigenvalue weighted by atomic mass is 19.1. The van der Waals surface area contributed by atoms with Gasteiger partial charge in [0.15, 0.2) is 17.4 Å². The molecule has 1 aliphatic rings. The van der Waals surface area contributed by atoms with Crippen LogP contribution in [-0.4, -0.2) is 40.9 Å². The van der Waals surface area contributed by atoms with Crippen LogP contribution in [0.25, 0.3) is 11.4 Å². The summed E-state index contributed by atoms with van der Waals surface area (Å²) in [6, 6.07) is 6.84. The van der Waals surface area contributed by atoms with E-state index in [1.807, 2.05) is 0 Å². The molecule has 10 heteroatoms. The monoisotopic (exact) mass is 436 g/mol. The largest absolute Gasteiger partial charge is 0.494 e. The van der Waals surface area contributed by atoms with Crippen molar-refractivity contribution >= 4 is 29.0 Å². The summed E-state index contributed by atoms with van der Waals surface area (Å²) in [5.41, 5.74) is 1.76. The zero-order chi connectivity index (χ0) is 22.7. The fourth-order valence-corrected chi connectivity index (χ4v) is 3.14. The van der Waals surface area contributed by atoms with Gasteiger partial charge in [-0.2, -0.15) is 0 Å². The maximum Gasteiger partial charge on any atom is 0.254 e. The lowest BCUT2D eigenvalue weighted by Gasteiger charge is -2.17. The fraction of sp³-hybridized carbons (Fsp3) is 0.227. The number of para-hydroxylation sites is 1. The van der Waals surface area contributed by atoms with Gasteiger partial charge in [0.25, 0.3) is 5.91 Å². The molecule has 9 nitrogen and oxygen atoms in total. The first-order chi connectivity index (χ1) is 15.5. The van der Waals surface area contributed by atoms with Crippen molar-refractivity contribution in [3.63, 3.8) is 0 Å². The Balaban J connectivity index is 1.71. The standard InChI is InChI=1S/C22H21FN6O3/c1-24-22(31)15-11-25-18(29-21(30)12-6-7-12)8-17(15)28-16-5-3-4-14(19(16)32-2)20-26-9-13(23)10-27-20/h3-5,8-12H,6-7H2,1-2H3,(H,24,31)(H2,25,28,29,30). The van der Waals surface area contributed by atoms with Crippen LogP contribution in [0.15, 0.2) is 42.9 Å². The van der Waals surface area contributed by atoms with Crippen molar-refractivity contribution in [1.29, 1.82) is 0 Å². The Morgan fingerprint density at radius 3 is 2.50 bits per heavy atom. The third-order valence-electron chi connectivity index (χ3n) is 4.92. The molecule has 2 heterocycles. The third-order valence-corrected chi connectivity index (χ3v) is 4.92. The Morgan fingerprint density at radius 2 is 1.84 bits per heavy atom. The van der Waals surface area contributed by atoms with E-state index in [0.717, 1.165) is 25.2 Å². The van der Waals surface area contributed by atoms with Crippen LogP contribution in [0, 0.1) is 11.7 Å². The van der Waals surface area contributed by atoms with Gasteiger partial charge in [-0.05, 0) is 25.0 Å². The molecule has 0 saturated heterocycles. The summed E-state index contributed by atoms with van der Waals surface area (Å²) in [5, 5.41) is 8.53. The van der Waals surface area contributed by atoms with E-state index in [1.165, 1.54) is 20.4 Å². The SMILES string of the molecule is CNC(=O)c1cnc(NC(=O)C2CC2)cc1Nc1cccc(-c2ncc(F)cn2)c1OC. The summed E-state index contributed by atoms with van der Waals surface area (Å²) in [6.07, 6.45) is 5.26. The molecule has 2 aromatic heterocycles. The molecule has 0 bridgehead atoms. The lowest BCUT2D eigenvalue weighted by molar-refractivity contribution is -0.117. The Bertz CT molecular complexity index is 1160. The van der Waals surface area contributed by atoms with Gasteiger partial charge < -0.3 is 20.7 Å². The van der Waals surface area contributed by atoms with Gasteiger partial charge in [-0.25, -0.2) is 19.3 Å². The molecule has 0 aliphatic heterocycles. The molecule has 0 spiro atoms. The van der Waals surface area contributed by atoms with E-state index in [-0.39, 0.29) is 29.1 Å². The highest BCUT2D eigenvalue weighted by Gasteiger charge is 2.30. The lowest BCUT2D eigenvalue weighted by atomic mass is 10.1. The summed E-state index contributed by atoms with van der Waals surface area (Å²) in [5.74, 6) is 0.0391. The minimum atomic E-state index is -0.547. The molecule has 32 heavy (non-hydrogen) atoms. The van der Waals surface area contributed by atoms with E-state index in [0.29, 0.717) is 28.5 Å². The van der Waals surface area contributed by atoms with Crippen LogP contribution in [0.4, 0.5) is 21.6 Å². The Labute approximate surface area is 183 Å². The first-order valence-corrected chi connectivity index (χ1v) is 9.95. The lowest BCUT2D eigenvalue weighted by Crippen LogP contribution is -2.20. The summed E-state index contributed by atoms with van der Waals surface area (Å²) < 4.78 is 18.8. The smallest absolute Gasteiger partial charge is 0.254 e. The van der Waals surface area contributed by atoms with Crippen LogP contribution >= 0.6 is 0 Å². The number of pyridine rings is 1. The molecule has 0 unspecified atom stereocenters. The normalized spacial score (nSPS) is 12.7. The number of benzene rings is 1. The van der Waals surface area contributed by atoms with Crippen LogP contribution < -0.4 is 20.7 Å². The van der Waals surface area contributed by atoms with Crippen molar-refractivity contribution in [2.45, 2.75) is 12.8 Å². The molecule has 3 aromatic rings. The van der Waals surface area contributed by atoms with Gasteiger partial charge in [-0.1, -0.05) is 6.07 Å². The summed E-state index contributed by atoms with van der Waals surface area (Å²) in [4.78, 5) is 36.8. The number of methoxy groups -OCH3 is 1. The van der Waals surface area contributed by atoms with E-state index in [9.17, 15) is 14.0 Å². The van der Waals surface area contributed by atoms with Gasteiger partial charge in [0.2, 0.25) is 5.91 Å². The van der Waals surface area contributed by atoms with E-state index in [1.54, 1.807) is 24.3 Å². The fourth-order valence-electron chi connectivity index (χ4n) is 3.14. The first kappa shape index (κ1) is 21.2. The Morgan fingerprint density at radius 1 is 1.09 bits per heavy atom. The van der Waals surface area contributed by atoms with Gasteiger partial charge in [-0.3, -0.25) is 9.59 Å². The highest BCUT2D eigenvalue weighted by molar-refractivity contribution is 6.01. The van der Waals surface area contributed by atoms with Gasteiger partial charge in [0, 0.05) is 25.2 Å². The molecule has 1 fully saturated rings. The zero-order valence-electron chi connectivity index (χ0n) is 17.5. The molecule has 0 radical (unpaired) electrons. The number of hydrogen-bond donors (Lipinski definition) is 3. The van der Waals surface area contributed by atoms with E-state index < -0.39 is 5.82 Å². The van der Waals surface area contributed by atoms with Crippen LogP contribution in [0.5, 0.6) is 5.75 Å². The minimum Gasteiger partial charge on any atom is -0.494 e. The maximum atomic E-state index is 13.2.